The zero-order chi connectivity index (χ0) is 17.2. The van der Waals surface area contributed by atoms with E-state index in [-0.39, 0.29) is 24.1 Å². The summed E-state index contributed by atoms with van der Waals surface area (Å²) in [6.45, 7) is 2.08. The molecule has 1 heterocycles. The van der Waals surface area contributed by atoms with E-state index in [2.05, 4.69) is 4.98 Å². The Balaban J connectivity index is 1.75. The second kappa shape index (κ2) is 6.85. The van der Waals surface area contributed by atoms with E-state index in [0.717, 1.165) is 29.3 Å². The van der Waals surface area contributed by atoms with Crippen molar-refractivity contribution in [1.29, 1.82) is 0 Å². The van der Waals surface area contributed by atoms with E-state index >= 15 is 0 Å². The lowest BCUT2D eigenvalue weighted by Crippen LogP contribution is -2.36. The molecule has 0 unspecified atom stereocenters. The molecule has 2 aromatic rings. The molecule has 1 aromatic carbocycles. The first kappa shape index (κ1) is 16.8. The number of benzene rings is 1. The first-order valence-corrected chi connectivity index (χ1v) is 8.43. The van der Waals surface area contributed by atoms with Gasteiger partial charge in [0.15, 0.2) is 0 Å². The molecule has 3 rings (SSSR count). The van der Waals surface area contributed by atoms with Crippen molar-refractivity contribution in [1.82, 2.24) is 4.98 Å². The maximum atomic E-state index is 13.6. The van der Waals surface area contributed by atoms with Gasteiger partial charge in [0.25, 0.3) is 0 Å². The highest BCUT2D eigenvalue weighted by Gasteiger charge is 2.36. The van der Waals surface area contributed by atoms with E-state index in [0.29, 0.717) is 19.4 Å². The van der Waals surface area contributed by atoms with E-state index < -0.39 is 5.60 Å². The summed E-state index contributed by atoms with van der Waals surface area (Å²) >= 11 is 0. The van der Waals surface area contributed by atoms with Crippen molar-refractivity contribution in [3.8, 4) is 0 Å². The van der Waals surface area contributed by atoms with Crippen LogP contribution in [-0.2, 0) is 9.53 Å². The number of aromatic nitrogens is 1. The zero-order valence-corrected chi connectivity index (χ0v) is 13.8. The largest absolute Gasteiger partial charge is 0.466 e. The van der Waals surface area contributed by atoms with E-state index in [1.54, 1.807) is 19.2 Å². The molecular weight excluding hydrogens is 309 g/mol. The molecule has 0 spiro atoms. The Morgan fingerprint density at radius 3 is 2.83 bits per heavy atom. The van der Waals surface area contributed by atoms with Gasteiger partial charge < -0.3 is 9.84 Å². The molecule has 1 N–H and O–H groups in total. The van der Waals surface area contributed by atoms with Crippen molar-refractivity contribution in [2.75, 3.05) is 6.61 Å². The monoisotopic (exact) mass is 331 g/mol. The summed E-state index contributed by atoms with van der Waals surface area (Å²) in [6, 6.07) is 6.56. The van der Waals surface area contributed by atoms with Gasteiger partial charge in [0.1, 0.15) is 5.82 Å². The molecule has 1 fully saturated rings. The van der Waals surface area contributed by atoms with Crippen molar-refractivity contribution in [2.45, 2.75) is 50.5 Å². The van der Waals surface area contributed by atoms with Crippen LogP contribution in [0.1, 0.15) is 50.5 Å². The van der Waals surface area contributed by atoms with Crippen molar-refractivity contribution < 1.29 is 19.0 Å². The van der Waals surface area contributed by atoms with Crippen molar-refractivity contribution in [3.63, 3.8) is 0 Å². The quantitative estimate of drug-likeness (QED) is 0.868. The predicted molar refractivity (Wildman–Crippen MR) is 89.1 cm³/mol. The van der Waals surface area contributed by atoms with Crippen LogP contribution in [0.3, 0.4) is 0 Å². The van der Waals surface area contributed by atoms with Gasteiger partial charge in [0, 0.05) is 11.6 Å². The molecular formula is C19H22FNO3. The highest BCUT2D eigenvalue weighted by atomic mass is 19.1. The van der Waals surface area contributed by atoms with Gasteiger partial charge in [-0.05, 0) is 68.4 Å². The van der Waals surface area contributed by atoms with Crippen LogP contribution in [-0.4, -0.2) is 28.3 Å². The Hall–Kier alpha value is -2.01. The minimum Gasteiger partial charge on any atom is -0.466 e. The topological polar surface area (TPSA) is 59.4 Å². The number of hydrogen-bond acceptors (Lipinski definition) is 4. The molecule has 1 saturated carbocycles. The highest BCUT2D eigenvalue weighted by Crippen LogP contribution is 2.41. The van der Waals surface area contributed by atoms with Gasteiger partial charge in [-0.15, -0.1) is 0 Å². The second-order valence-corrected chi connectivity index (χ2v) is 6.54. The fraction of sp³-hybridized carbons (Fsp3) is 0.474. The number of hydrogen-bond donors (Lipinski definition) is 1. The number of pyridine rings is 1. The van der Waals surface area contributed by atoms with Crippen LogP contribution in [0.4, 0.5) is 4.39 Å². The summed E-state index contributed by atoms with van der Waals surface area (Å²) in [7, 11) is 0. The van der Waals surface area contributed by atoms with Gasteiger partial charge in [0.05, 0.1) is 24.1 Å². The molecule has 0 amide bonds. The molecule has 0 bridgehead atoms. The van der Waals surface area contributed by atoms with E-state index in [1.165, 1.54) is 12.1 Å². The summed E-state index contributed by atoms with van der Waals surface area (Å²) in [4.78, 5) is 15.9. The predicted octanol–water partition coefficient (Wildman–Crippen LogP) is 3.72. The van der Waals surface area contributed by atoms with Gasteiger partial charge in [-0.3, -0.25) is 9.78 Å². The minimum absolute atomic E-state index is 0.0410. The molecule has 128 valence electrons. The van der Waals surface area contributed by atoms with Crippen LogP contribution in [0.25, 0.3) is 10.9 Å². The molecule has 0 atom stereocenters. The molecule has 1 aliphatic carbocycles. The van der Waals surface area contributed by atoms with Crippen LogP contribution in [0.5, 0.6) is 0 Å². The van der Waals surface area contributed by atoms with E-state index in [1.807, 2.05) is 6.07 Å². The summed E-state index contributed by atoms with van der Waals surface area (Å²) in [5.74, 6) is -0.388. The van der Waals surface area contributed by atoms with E-state index in [4.69, 9.17) is 4.74 Å². The first-order valence-electron chi connectivity index (χ1n) is 8.43. The molecule has 1 aromatic heterocycles. The van der Waals surface area contributed by atoms with Gasteiger partial charge in [-0.2, -0.15) is 0 Å². The lowest BCUT2D eigenvalue weighted by atomic mass is 9.74. The number of ether oxygens (including phenoxy) is 1. The number of nitrogens with zero attached hydrogens (tertiary/aromatic N) is 1. The Bertz CT molecular complexity index is 738. The summed E-state index contributed by atoms with van der Waals surface area (Å²) in [6.07, 6.45) is 4.37. The van der Waals surface area contributed by atoms with Crippen molar-refractivity contribution >= 4 is 16.9 Å². The van der Waals surface area contributed by atoms with Crippen LogP contribution in [0.15, 0.2) is 30.5 Å². The highest BCUT2D eigenvalue weighted by molar-refractivity contribution is 5.82. The first-order chi connectivity index (χ1) is 11.5. The smallest absolute Gasteiger partial charge is 0.308 e. The van der Waals surface area contributed by atoms with Crippen molar-refractivity contribution in [2.24, 2.45) is 0 Å². The Kier molecular flexibility index (Phi) is 4.81. The number of fused-ring (bicyclic) bond motifs is 1. The average molecular weight is 331 g/mol. The average Bonchev–Trinajstić information content (AvgIpc) is 2.55. The zero-order valence-electron chi connectivity index (χ0n) is 13.8. The summed E-state index contributed by atoms with van der Waals surface area (Å²) < 4.78 is 18.5. The van der Waals surface area contributed by atoms with Gasteiger partial charge in [-0.1, -0.05) is 0 Å². The normalized spacial score (nSPS) is 24.0. The van der Waals surface area contributed by atoms with Crippen LogP contribution in [0.2, 0.25) is 0 Å². The van der Waals surface area contributed by atoms with Crippen LogP contribution < -0.4 is 0 Å². The number of rotatable bonds is 4. The number of carbonyl (C=O) groups excluding carboxylic acids is 1. The Morgan fingerprint density at radius 2 is 2.12 bits per heavy atom. The number of esters is 1. The SMILES string of the molecule is CCOC(=O)CC1(O)CCC(c2ccnc3ccc(F)cc23)CC1. The molecule has 0 aliphatic heterocycles. The van der Waals surface area contributed by atoms with Gasteiger partial charge in [-0.25, -0.2) is 4.39 Å². The minimum atomic E-state index is -0.989. The third-order valence-corrected chi connectivity index (χ3v) is 4.87. The fourth-order valence-electron chi connectivity index (χ4n) is 3.62. The third-order valence-electron chi connectivity index (χ3n) is 4.87. The Morgan fingerprint density at radius 1 is 1.38 bits per heavy atom. The molecule has 0 radical (unpaired) electrons. The molecule has 0 saturated heterocycles. The summed E-state index contributed by atoms with van der Waals surface area (Å²) in [5.41, 5.74) is 0.857. The molecule has 4 nitrogen and oxygen atoms in total. The Labute approximate surface area is 140 Å². The molecule has 5 heteroatoms. The number of halogens is 1. The fourth-order valence-corrected chi connectivity index (χ4v) is 3.62. The molecule has 24 heavy (non-hydrogen) atoms. The lowest BCUT2D eigenvalue weighted by molar-refractivity contribution is -0.150. The molecule has 1 aliphatic rings. The number of carbonyl (C=O) groups is 1. The maximum Gasteiger partial charge on any atom is 0.308 e. The van der Waals surface area contributed by atoms with Gasteiger partial charge >= 0.3 is 5.97 Å². The van der Waals surface area contributed by atoms with E-state index in [9.17, 15) is 14.3 Å². The van der Waals surface area contributed by atoms with Crippen LogP contribution in [0, 0.1) is 5.82 Å². The van der Waals surface area contributed by atoms with Gasteiger partial charge in [0.2, 0.25) is 0 Å². The van der Waals surface area contributed by atoms with Crippen LogP contribution >= 0.6 is 0 Å². The number of aliphatic hydroxyl groups is 1. The standard InChI is InChI=1S/C19H22FNO3/c1-2-24-18(22)12-19(23)8-5-13(6-9-19)15-7-10-21-17-4-3-14(20)11-16(15)17/h3-4,7,10-11,13,23H,2,5-6,8-9,12H2,1H3. The maximum absolute atomic E-state index is 13.6. The lowest BCUT2D eigenvalue weighted by Gasteiger charge is -2.35. The second-order valence-electron chi connectivity index (χ2n) is 6.54. The van der Waals surface area contributed by atoms with Crippen molar-refractivity contribution in [3.05, 3.63) is 41.8 Å². The third kappa shape index (κ3) is 3.56. The summed E-state index contributed by atoms with van der Waals surface area (Å²) in [5, 5.41) is 11.4.